The van der Waals surface area contributed by atoms with Crippen LogP contribution in [0.2, 0.25) is 0 Å². The number of furan rings is 1. The minimum atomic E-state index is -0.251. The largest absolute Gasteiger partial charge is 0.451 e. The average Bonchev–Trinajstić information content (AvgIpc) is 3.47. The van der Waals surface area contributed by atoms with Crippen molar-refractivity contribution >= 4 is 39.8 Å². The molecule has 0 aliphatic rings. The van der Waals surface area contributed by atoms with Crippen molar-refractivity contribution in [1.29, 1.82) is 0 Å². The van der Waals surface area contributed by atoms with E-state index in [1.807, 2.05) is 24.6 Å². The summed E-state index contributed by atoms with van der Waals surface area (Å²) in [6, 6.07) is 10.9. The molecule has 0 saturated carbocycles. The fraction of sp³-hybridized carbons (Fsp3) is 0.227. The van der Waals surface area contributed by atoms with Gasteiger partial charge in [0.2, 0.25) is 5.91 Å². The summed E-state index contributed by atoms with van der Waals surface area (Å²) in [4.78, 5) is 24.7. The quantitative estimate of drug-likeness (QED) is 0.448. The zero-order valence-electron chi connectivity index (χ0n) is 16.5. The van der Waals surface area contributed by atoms with Crippen LogP contribution in [0.4, 0.5) is 5.69 Å². The Hall–Kier alpha value is -3.39. The van der Waals surface area contributed by atoms with Gasteiger partial charge < -0.3 is 15.1 Å². The number of thiophene rings is 1. The van der Waals surface area contributed by atoms with E-state index in [4.69, 9.17) is 4.42 Å². The molecule has 0 saturated heterocycles. The summed E-state index contributed by atoms with van der Waals surface area (Å²) >= 11 is 1.64. The predicted octanol–water partition coefficient (Wildman–Crippen LogP) is 4.08. The van der Waals surface area contributed by atoms with Crippen LogP contribution in [0.15, 0.2) is 64.0 Å². The van der Waals surface area contributed by atoms with Crippen LogP contribution in [0.3, 0.4) is 0 Å². The topological polar surface area (TPSA) is 89.2 Å². The van der Waals surface area contributed by atoms with E-state index < -0.39 is 0 Å². The number of fused-ring (bicyclic) bond motifs is 1. The molecule has 1 atom stereocenters. The lowest BCUT2D eigenvalue weighted by molar-refractivity contribution is -0.116. The number of hydrogen-bond donors (Lipinski definition) is 2. The Morgan fingerprint density at radius 1 is 1.27 bits per heavy atom. The third-order valence-electron chi connectivity index (χ3n) is 4.65. The van der Waals surface area contributed by atoms with E-state index >= 15 is 0 Å². The van der Waals surface area contributed by atoms with E-state index in [1.165, 1.54) is 5.56 Å². The van der Waals surface area contributed by atoms with Crippen LogP contribution in [-0.2, 0) is 17.8 Å². The van der Waals surface area contributed by atoms with Gasteiger partial charge in [-0.05, 0) is 66.1 Å². The maximum Gasteiger partial charge on any atom is 0.287 e. The number of carbonyl (C=O) groups is 2. The summed E-state index contributed by atoms with van der Waals surface area (Å²) in [5.74, 6) is -0.100. The molecular formula is C22H22N4O3S. The third-order valence-corrected chi connectivity index (χ3v) is 5.38. The Morgan fingerprint density at radius 2 is 2.17 bits per heavy atom. The summed E-state index contributed by atoms with van der Waals surface area (Å²) in [6.45, 7) is 2.48. The molecule has 0 spiro atoms. The maximum absolute atomic E-state index is 12.5. The monoisotopic (exact) mass is 422 g/mol. The summed E-state index contributed by atoms with van der Waals surface area (Å²) in [7, 11) is 0. The summed E-state index contributed by atoms with van der Waals surface area (Å²) in [5.41, 5.74) is 2.46. The van der Waals surface area contributed by atoms with Crippen molar-refractivity contribution in [1.82, 2.24) is 15.1 Å². The van der Waals surface area contributed by atoms with E-state index in [2.05, 4.69) is 27.2 Å². The molecule has 4 aromatic rings. The summed E-state index contributed by atoms with van der Waals surface area (Å²) < 4.78 is 7.40. The highest BCUT2D eigenvalue weighted by Crippen LogP contribution is 2.23. The Bertz CT molecular complexity index is 1130. The van der Waals surface area contributed by atoms with Gasteiger partial charge in [0, 0.05) is 42.5 Å². The first-order valence-corrected chi connectivity index (χ1v) is 10.6. The zero-order valence-corrected chi connectivity index (χ0v) is 17.3. The van der Waals surface area contributed by atoms with Crippen molar-refractivity contribution in [3.05, 3.63) is 70.9 Å². The molecular weight excluding hydrogens is 400 g/mol. The van der Waals surface area contributed by atoms with Gasteiger partial charge in [-0.25, -0.2) is 0 Å². The molecule has 2 amide bonds. The number of anilines is 1. The number of aromatic nitrogens is 2. The van der Waals surface area contributed by atoms with Crippen molar-refractivity contribution in [3.63, 3.8) is 0 Å². The van der Waals surface area contributed by atoms with Crippen molar-refractivity contribution in [2.75, 3.05) is 5.32 Å². The van der Waals surface area contributed by atoms with Gasteiger partial charge in [0.05, 0.1) is 0 Å². The van der Waals surface area contributed by atoms with Crippen molar-refractivity contribution in [2.24, 2.45) is 0 Å². The predicted molar refractivity (Wildman–Crippen MR) is 117 cm³/mol. The molecule has 4 rings (SSSR count). The van der Waals surface area contributed by atoms with Crippen molar-refractivity contribution in [3.8, 4) is 0 Å². The average molecular weight is 423 g/mol. The van der Waals surface area contributed by atoms with Gasteiger partial charge in [-0.3, -0.25) is 14.3 Å². The highest BCUT2D eigenvalue weighted by atomic mass is 32.1. The Kier molecular flexibility index (Phi) is 5.94. The van der Waals surface area contributed by atoms with Crippen LogP contribution >= 0.6 is 11.3 Å². The fourth-order valence-corrected chi connectivity index (χ4v) is 3.90. The number of rotatable bonds is 8. The molecule has 8 heteroatoms. The molecule has 1 aromatic carbocycles. The normalized spacial score (nSPS) is 12.0. The van der Waals surface area contributed by atoms with Crippen LogP contribution in [0.25, 0.3) is 11.0 Å². The van der Waals surface area contributed by atoms with Crippen molar-refractivity contribution < 1.29 is 14.0 Å². The summed E-state index contributed by atoms with van der Waals surface area (Å²) in [6.07, 6.45) is 4.59. The van der Waals surface area contributed by atoms with Crippen LogP contribution in [0, 0.1) is 0 Å². The fourth-order valence-electron chi connectivity index (χ4n) is 3.21. The highest BCUT2D eigenvalue weighted by Gasteiger charge is 2.16. The van der Waals surface area contributed by atoms with Crippen LogP contribution in [0.1, 0.15) is 29.5 Å². The van der Waals surface area contributed by atoms with E-state index in [-0.39, 0.29) is 23.6 Å². The molecule has 2 N–H and O–H groups in total. The molecule has 0 aliphatic carbocycles. The molecule has 3 aromatic heterocycles. The van der Waals surface area contributed by atoms with Crippen molar-refractivity contribution in [2.45, 2.75) is 32.4 Å². The maximum atomic E-state index is 12.5. The van der Waals surface area contributed by atoms with Gasteiger partial charge >= 0.3 is 0 Å². The van der Waals surface area contributed by atoms with Crippen LogP contribution in [-0.4, -0.2) is 27.6 Å². The van der Waals surface area contributed by atoms with Crippen LogP contribution < -0.4 is 10.6 Å². The van der Waals surface area contributed by atoms with E-state index in [9.17, 15) is 9.59 Å². The first-order chi connectivity index (χ1) is 14.6. The number of nitrogens with one attached hydrogen (secondary N) is 2. The molecule has 0 radical (unpaired) electrons. The number of amides is 2. The molecule has 0 fully saturated rings. The smallest absolute Gasteiger partial charge is 0.287 e. The molecule has 1 unspecified atom stereocenters. The third kappa shape index (κ3) is 4.96. The van der Waals surface area contributed by atoms with E-state index in [0.29, 0.717) is 24.2 Å². The van der Waals surface area contributed by atoms with Gasteiger partial charge in [0.25, 0.3) is 5.91 Å². The molecule has 30 heavy (non-hydrogen) atoms. The number of benzene rings is 1. The van der Waals surface area contributed by atoms with Gasteiger partial charge in [0.15, 0.2) is 5.76 Å². The van der Waals surface area contributed by atoms with Crippen LogP contribution in [0.5, 0.6) is 0 Å². The first kappa shape index (κ1) is 19.9. The van der Waals surface area contributed by atoms with E-state index in [1.54, 1.807) is 46.5 Å². The van der Waals surface area contributed by atoms with Gasteiger partial charge in [-0.2, -0.15) is 16.4 Å². The summed E-state index contributed by atoms with van der Waals surface area (Å²) in [5, 5.41) is 14.8. The first-order valence-electron chi connectivity index (χ1n) is 9.69. The second kappa shape index (κ2) is 8.96. The van der Waals surface area contributed by atoms with Gasteiger partial charge in [-0.1, -0.05) is 0 Å². The molecule has 0 bridgehead atoms. The Morgan fingerprint density at radius 3 is 2.93 bits per heavy atom. The number of nitrogens with zero attached hydrogens (tertiary/aromatic N) is 2. The molecule has 7 nitrogen and oxygen atoms in total. The lowest BCUT2D eigenvalue weighted by Crippen LogP contribution is -2.33. The minimum absolute atomic E-state index is 0.00931. The second-order valence-electron chi connectivity index (χ2n) is 7.14. The number of aryl methyl sites for hydroxylation is 1. The second-order valence-corrected chi connectivity index (χ2v) is 7.92. The zero-order chi connectivity index (χ0) is 20.9. The molecule has 154 valence electrons. The van der Waals surface area contributed by atoms with Gasteiger partial charge in [0.1, 0.15) is 5.58 Å². The SMILES string of the molecule is CC(Cc1ccsc1)NC(=O)c1cc2cc(NC(=O)CCn3cccn3)ccc2o1. The lowest BCUT2D eigenvalue weighted by Gasteiger charge is -2.11. The molecule has 3 heterocycles. The Balaban J connectivity index is 1.36. The number of carbonyl (C=O) groups excluding carboxylic acids is 2. The lowest BCUT2D eigenvalue weighted by atomic mass is 10.1. The highest BCUT2D eigenvalue weighted by molar-refractivity contribution is 7.07. The minimum Gasteiger partial charge on any atom is -0.451 e. The van der Waals surface area contributed by atoms with E-state index in [0.717, 1.165) is 11.8 Å². The van der Waals surface area contributed by atoms with Gasteiger partial charge in [-0.15, -0.1) is 0 Å². The number of hydrogen-bond acceptors (Lipinski definition) is 5. The standard InChI is InChI=1S/C22H22N4O3S/c1-15(11-16-6-10-30-14-16)24-22(28)20-13-17-12-18(3-4-19(17)29-20)25-21(27)5-9-26-8-2-7-23-26/h2-4,6-8,10,12-15H,5,9,11H2,1H3,(H,24,28)(H,25,27). The molecule has 0 aliphatic heterocycles. The Labute approximate surface area is 177 Å².